The predicted octanol–water partition coefficient (Wildman–Crippen LogP) is 1.61. The number of carbonyl (C=O) groups is 1. The number of anilines is 1. The highest BCUT2D eigenvalue weighted by molar-refractivity contribution is 6.18. The monoisotopic (exact) mass is 351 g/mol. The molecule has 1 amide bonds. The molecule has 7 nitrogen and oxygen atoms in total. The summed E-state index contributed by atoms with van der Waals surface area (Å²) in [6, 6.07) is 10.4. The van der Waals surface area contributed by atoms with Crippen molar-refractivity contribution < 1.29 is 9.90 Å². The third-order valence-corrected chi connectivity index (χ3v) is 5.66. The summed E-state index contributed by atoms with van der Waals surface area (Å²) in [5.41, 5.74) is 1.62. The molecule has 1 aromatic carbocycles. The van der Waals surface area contributed by atoms with Gasteiger partial charge in [0.15, 0.2) is 11.5 Å². The van der Waals surface area contributed by atoms with Gasteiger partial charge >= 0.3 is 0 Å². The quantitative estimate of drug-likeness (QED) is 0.912. The van der Waals surface area contributed by atoms with E-state index in [2.05, 4.69) is 9.88 Å². The number of fused-ring (bicyclic) bond motifs is 5. The lowest BCUT2D eigenvalue weighted by atomic mass is 10.1. The second-order valence-corrected chi connectivity index (χ2v) is 7.16. The van der Waals surface area contributed by atoms with E-state index < -0.39 is 0 Å². The molecule has 26 heavy (non-hydrogen) atoms. The van der Waals surface area contributed by atoms with E-state index in [1.807, 2.05) is 34.9 Å². The molecule has 2 aliphatic heterocycles. The number of hydrogen-bond donors (Lipinski definition) is 1. The van der Waals surface area contributed by atoms with Crippen molar-refractivity contribution >= 4 is 17.7 Å². The number of imidazole rings is 1. The Morgan fingerprint density at radius 1 is 1.23 bits per heavy atom. The third kappa shape index (κ3) is 2.07. The van der Waals surface area contributed by atoms with Gasteiger partial charge in [-0.1, -0.05) is 30.3 Å². The van der Waals surface area contributed by atoms with Crippen LogP contribution in [0.3, 0.4) is 0 Å². The van der Waals surface area contributed by atoms with E-state index in [0.29, 0.717) is 29.8 Å². The SMILES string of the molecule is CN1C(=O)c2c(nc(CO)n2Cc2ccccc2)N2C1=N[C@H]1CCC[C@H]12. The molecule has 7 heteroatoms. The number of aliphatic imine (C=N–C) groups is 1. The Balaban J connectivity index is 1.65. The van der Waals surface area contributed by atoms with Crippen LogP contribution >= 0.6 is 0 Å². The smallest absolute Gasteiger partial charge is 0.280 e. The van der Waals surface area contributed by atoms with Crippen molar-refractivity contribution in [1.82, 2.24) is 14.5 Å². The molecule has 2 aromatic rings. The Hall–Kier alpha value is -2.67. The summed E-state index contributed by atoms with van der Waals surface area (Å²) in [6.45, 7) is 0.304. The van der Waals surface area contributed by atoms with Crippen molar-refractivity contribution in [2.45, 2.75) is 44.5 Å². The molecule has 1 saturated carbocycles. The second-order valence-electron chi connectivity index (χ2n) is 7.16. The average molecular weight is 351 g/mol. The fraction of sp³-hybridized carbons (Fsp3) is 0.421. The summed E-state index contributed by atoms with van der Waals surface area (Å²) in [4.78, 5) is 26.3. The van der Waals surface area contributed by atoms with E-state index in [9.17, 15) is 9.90 Å². The lowest BCUT2D eigenvalue weighted by molar-refractivity contribution is 0.0854. The minimum atomic E-state index is -0.203. The van der Waals surface area contributed by atoms with Crippen molar-refractivity contribution in [3.05, 3.63) is 47.4 Å². The average Bonchev–Trinajstić information content (AvgIpc) is 3.33. The molecule has 0 spiro atoms. The van der Waals surface area contributed by atoms with Gasteiger partial charge in [0.2, 0.25) is 5.96 Å². The van der Waals surface area contributed by atoms with Gasteiger partial charge in [0.1, 0.15) is 12.4 Å². The zero-order valence-electron chi connectivity index (χ0n) is 14.7. The molecule has 2 atom stereocenters. The molecule has 0 saturated heterocycles. The third-order valence-electron chi connectivity index (χ3n) is 5.66. The van der Waals surface area contributed by atoms with Crippen LogP contribution in [-0.2, 0) is 13.2 Å². The minimum Gasteiger partial charge on any atom is -0.388 e. The Kier molecular flexibility index (Phi) is 3.40. The van der Waals surface area contributed by atoms with E-state index >= 15 is 0 Å². The Morgan fingerprint density at radius 2 is 2.04 bits per heavy atom. The van der Waals surface area contributed by atoms with Gasteiger partial charge in [-0.05, 0) is 24.8 Å². The lowest BCUT2D eigenvalue weighted by Crippen LogP contribution is -2.51. The first-order valence-corrected chi connectivity index (χ1v) is 9.08. The summed E-state index contributed by atoms with van der Waals surface area (Å²) >= 11 is 0. The molecule has 0 bridgehead atoms. The first-order chi connectivity index (χ1) is 12.7. The zero-order chi connectivity index (χ0) is 17.8. The van der Waals surface area contributed by atoms with E-state index in [0.717, 1.165) is 24.8 Å². The Labute approximate surface area is 151 Å². The van der Waals surface area contributed by atoms with Gasteiger partial charge in [0.05, 0.1) is 12.1 Å². The van der Waals surface area contributed by atoms with Gasteiger partial charge in [0.25, 0.3) is 5.91 Å². The molecule has 134 valence electrons. The van der Waals surface area contributed by atoms with Crippen molar-refractivity contribution in [1.29, 1.82) is 0 Å². The van der Waals surface area contributed by atoms with Gasteiger partial charge in [0, 0.05) is 13.6 Å². The zero-order valence-corrected chi connectivity index (χ0v) is 14.7. The summed E-state index contributed by atoms with van der Waals surface area (Å²) < 4.78 is 1.85. The largest absolute Gasteiger partial charge is 0.388 e. The molecule has 5 rings (SSSR count). The number of benzene rings is 1. The summed E-state index contributed by atoms with van der Waals surface area (Å²) in [6.07, 6.45) is 3.26. The number of nitrogens with zero attached hydrogens (tertiary/aromatic N) is 5. The Bertz CT molecular complexity index is 904. The number of guanidine groups is 1. The molecule has 1 N–H and O–H groups in total. The van der Waals surface area contributed by atoms with Crippen LogP contribution < -0.4 is 4.90 Å². The lowest BCUT2D eigenvalue weighted by Gasteiger charge is -2.34. The maximum Gasteiger partial charge on any atom is 0.280 e. The highest BCUT2D eigenvalue weighted by atomic mass is 16.3. The van der Waals surface area contributed by atoms with E-state index in [-0.39, 0.29) is 24.6 Å². The molecular weight excluding hydrogens is 330 g/mol. The van der Waals surface area contributed by atoms with Crippen molar-refractivity contribution in [2.75, 3.05) is 11.9 Å². The maximum absolute atomic E-state index is 13.1. The fourth-order valence-electron chi connectivity index (χ4n) is 4.40. The van der Waals surface area contributed by atoms with Gasteiger partial charge in [-0.2, -0.15) is 0 Å². The fourth-order valence-corrected chi connectivity index (χ4v) is 4.40. The maximum atomic E-state index is 13.1. The topological polar surface area (TPSA) is 74.0 Å². The minimum absolute atomic E-state index is 0.113. The number of amides is 1. The molecule has 3 aliphatic rings. The van der Waals surface area contributed by atoms with Crippen molar-refractivity contribution in [3.8, 4) is 0 Å². The second kappa shape index (κ2) is 5.67. The Morgan fingerprint density at radius 3 is 2.81 bits per heavy atom. The highest BCUT2D eigenvalue weighted by Gasteiger charge is 2.49. The standard InChI is InChI=1S/C19H21N5O2/c1-22-18(26)16-17(24-14-9-5-8-13(14)20-19(22)24)21-15(11-25)23(16)10-12-6-3-2-4-7-12/h2-4,6-7,13-14,25H,5,8-11H2,1H3/t13-,14+/m0/s1. The first-order valence-electron chi connectivity index (χ1n) is 9.08. The van der Waals surface area contributed by atoms with Crippen LogP contribution in [0.1, 0.15) is 41.1 Å². The van der Waals surface area contributed by atoms with E-state index in [1.165, 1.54) is 0 Å². The van der Waals surface area contributed by atoms with Gasteiger partial charge < -0.3 is 9.67 Å². The summed E-state index contributed by atoms with van der Waals surface area (Å²) in [5.74, 6) is 1.76. The number of carbonyl (C=O) groups excluding carboxylic acids is 1. The summed E-state index contributed by atoms with van der Waals surface area (Å²) in [5, 5.41) is 9.87. The van der Waals surface area contributed by atoms with Crippen LogP contribution in [0.2, 0.25) is 0 Å². The van der Waals surface area contributed by atoms with Crippen LogP contribution in [0.25, 0.3) is 0 Å². The molecule has 0 radical (unpaired) electrons. The summed E-state index contributed by atoms with van der Waals surface area (Å²) in [7, 11) is 1.77. The van der Waals surface area contributed by atoms with Gasteiger partial charge in [-0.3, -0.25) is 14.6 Å². The van der Waals surface area contributed by atoms with Crippen molar-refractivity contribution in [3.63, 3.8) is 0 Å². The van der Waals surface area contributed by atoms with Gasteiger partial charge in [-0.25, -0.2) is 9.98 Å². The van der Waals surface area contributed by atoms with Gasteiger partial charge in [-0.15, -0.1) is 0 Å². The van der Waals surface area contributed by atoms with Crippen LogP contribution in [-0.4, -0.2) is 50.6 Å². The molecule has 1 aromatic heterocycles. The molecule has 3 heterocycles. The highest BCUT2D eigenvalue weighted by Crippen LogP contribution is 2.40. The van der Waals surface area contributed by atoms with Crippen LogP contribution in [0.5, 0.6) is 0 Å². The van der Waals surface area contributed by atoms with Crippen LogP contribution in [0.4, 0.5) is 5.82 Å². The molecule has 0 unspecified atom stereocenters. The van der Waals surface area contributed by atoms with E-state index in [4.69, 9.17) is 4.99 Å². The normalized spacial score (nSPS) is 23.8. The van der Waals surface area contributed by atoms with Crippen LogP contribution in [0.15, 0.2) is 35.3 Å². The predicted molar refractivity (Wildman–Crippen MR) is 97.1 cm³/mol. The number of aromatic nitrogens is 2. The number of aliphatic hydroxyl groups excluding tert-OH is 1. The van der Waals surface area contributed by atoms with Crippen molar-refractivity contribution in [2.24, 2.45) is 4.99 Å². The number of rotatable bonds is 3. The van der Waals surface area contributed by atoms with E-state index in [1.54, 1.807) is 11.9 Å². The molecule has 1 fully saturated rings. The number of aliphatic hydroxyl groups is 1. The number of hydrogen-bond acceptors (Lipinski definition) is 5. The first kappa shape index (κ1) is 15.6. The molecular formula is C19H21N5O2. The molecule has 1 aliphatic carbocycles. The van der Waals surface area contributed by atoms with Crippen LogP contribution in [0, 0.1) is 0 Å².